The largest absolute Gasteiger partial charge is 0.391 e. The van der Waals surface area contributed by atoms with Crippen molar-refractivity contribution in [3.63, 3.8) is 0 Å². The number of hydrogen-bond acceptors (Lipinski definition) is 6. The van der Waals surface area contributed by atoms with Crippen LogP contribution in [0, 0.1) is 24.1 Å². The molecular weight excluding hydrogens is 419 g/mol. The van der Waals surface area contributed by atoms with Crippen molar-refractivity contribution in [3.05, 3.63) is 52.6 Å². The first-order valence-corrected chi connectivity index (χ1v) is 9.94. The van der Waals surface area contributed by atoms with Crippen LogP contribution in [0.3, 0.4) is 0 Å². The second kappa shape index (κ2) is 10.2. The molecule has 0 bridgehead atoms. The molecule has 2 amide bonds. The van der Waals surface area contributed by atoms with Gasteiger partial charge in [-0.3, -0.25) is 14.4 Å². The van der Waals surface area contributed by atoms with Crippen LogP contribution in [0.1, 0.15) is 58.3 Å². The number of unbranched alkanes of at least 4 members (excludes halogenated alkanes) is 1. The maximum absolute atomic E-state index is 13.5. The van der Waals surface area contributed by atoms with Gasteiger partial charge in [-0.25, -0.2) is 4.39 Å². The number of rotatable bonds is 9. The first kappa shape index (κ1) is 24.7. The molecule has 0 aliphatic carbocycles. The molecule has 4 N–H and O–H groups in total. The van der Waals surface area contributed by atoms with Crippen LogP contribution in [0.4, 0.5) is 10.1 Å². The summed E-state index contributed by atoms with van der Waals surface area (Å²) in [6, 6.07) is 6.41. The predicted octanol–water partition coefficient (Wildman–Crippen LogP) is 1.77. The van der Waals surface area contributed by atoms with E-state index in [1.54, 1.807) is 6.07 Å². The summed E-state index contributed by atoms with van der Waals surface area (Å²) in [5, 5.41) is 33.3. The molecule has 170 valence electrons. The number of halogens is 1. The van der Waals surface area contributed by atoms with Crippen molar-refractivity contribution in [2.45, 2.75) is 38.8 Å². The molecule has 9 nitrogen and oxygen atoms in total. The van der Waals surface area contributed by atoms with Gasteiger partial charge in [0.05, 0.1) is 12.2 Å². The van der Waals surface area contributed by atoms with Gasteiger partial charge >= 0.3 is 0 Å². The van der Waals surface area contributed by atoms with E-state index in [4.69, 9.17) is 5.26 Å². The molecule has 2 rings (SSSR count). The highest BCUT2D eigenvalue weighted by Gasteiger charge is 2.32. The van der Waals surface area contributed by atoms with E-state index in [9.17, 15) is 29.0 Å². The van der Waals surface area contributed by atoms with Crippen LogP contribution in [0.25, 0.3) is 0 Å². The molecule has 1 heterocycles. The number of ketones is 1. The van der Waals surface area contributed by atoms with Gasteiger partial charge in [0.15, 0.2) is 5.72 Å². The van der Waals surface area contributed by atoms with Crippen molar-refractivity contribution in [1.82, 2.24) is 9.88 Å². The molecular formula is C22H25FN4O5. The fourth-order valence-corrected chi connectivity index (χ4v) is 3.07. The third kappa shape index (κ3) is 5.38. The van der Waals surface area contributed by atoms with E-state index in [0.717, 1.165) is 6.07 Å². The van der Waals surface area contributed by atoms with E-state index in [1.807, 2.05) is 6.92 Å². The molecule has 0 spiro atoms. The van der Waals surface area contributed by atoms with Gasteiger partial charge in [-0.1, -0.05) is 13.3 Å². The summed E-state index contributed by atoms with van der Waals surface area (Å²) >= 11 is 0. The second-order valence-corrected chi connectivity index (χ2v) is 7.42. The number of amides is 2. The maximum Gasteiger partial charge on any atom is 0.294 e. The van der Waals surface area contributed by atoms with Crippen LogP contribution in [0.15, 0.2) is 24.3 Å². The Morgan fingerprint density at radius 3 is 2.56 bits per heavy atom. The van der Waals surface area contributed by atoms with Crippen molar-refractivity contribution in [1.29, 1.82) is 5.26 Å². The summed E-state index contributed by atoms with van der Waals surface area (Å²) in [5.41, 5.74) is -1.66. The minimum Gasteiger partial charge on any atom is -0.391 e. The third-order valence-electron chi connectivity index (χ3n) is 5.12. The van der Waals surface area contributed by atoms with Crippen molar-refractivity contribution < 1.29 is 29.0 Å². The summed E-state index contributed by atoms with van der Waals surface area (Å²) in [6.07, 6.45) is 1.31. The number of hydrogen-bond donors (Lipinski definition) is 4. The van der Waals surface area contributed by atoms with E-state index < -0.39 is 35.7 Å². The summed E-state index contributed by atoms with van der Waals surface area (Å²) in [4.78, 5) is 37.8. The van der Waals surface area contributed by atoms with Gasteiger partial charge in [0, 0.05) is 24.0 Å². The van der Waals surface area contributed by atoms with Gasteiger partial charge in [0.25, 0.3) is 17.6 Å². The Bertz CT molecular complexity index is 1090. The fraction of sp³-hybridized carbons (Fsp3) is 0.364. The Labute approximate surface area is 184 Å². The number of carbonyl (C=O) groups is 3. The molecule has 2 aromatic rings. The lowest BCUT2D eigenvalue weighted by molar-refractivity contribution is -0.128. The summed E-state index contributed by atoms with van der Waals surface area (Å²) in [5.74, 6) is -3.45. The van der Waals surface area contributed by atoms with Gasteiger partial charge in [-0.05, 0) is 44.0 Å². The molecule has 0 saturated carbocycles. The fourth-order valence-electron chi connectivity index (χ4n) is 3.07. The first-order chi connectivity index (χ1) is 15.1. The lowest BCUT2D eigenvalue weighted by Gasteiger charge is -2.26. The molecule has 1 aromatic carbocycles. The molecule has 32 heavy (non-hydrogen) atoms. The summed E-state index contributed by atoms with van der Waals surface area (Å²) in [7, 11) is 1.52. The Balaban J connectivity index is 2.24. The molecule has 0 saturated heterocycles. The van der Waals surface area contributed by atoms with Crippen LogP contribution >= 0.6 is 0 Å². The van der Waals surface area contributed by atoms with E-state index in [-0.39, 0.29) is 28.9 Å². The Hall–Kier alpha value is -3.55. The average Bonchev–Trinajstić information content (AvgIpc) is 3.07. The number of carbonyl (C=O) groups excluding carboxylic acids is 3. The van der Waals surface area contributed by atoms with Crippen molar-refractivity contribution in [2.24, 2.45) is 7.05 Å². The molecule has 1 atom stereocenters. The number of nitrogens with zero attached hydrogens (tertiary/aromatic N) is 2. The highest BCUT2D eigenvalue weighted by atomic mass is 19.1. The standard InChI is InChI=1S/C22H25FN4O5/c1-4-5-8-22(32,12-28)26-21(31)19(29)16-10-18(27(3)13(16)2)20(30)25-15-6-7-17(23)14(9-15)11-24/h6-7,9-10,28,32H,4-5,8,12H2,1-3H3,(H,25,30)(H,26,31)/t22-/m0/s1. The highest BCUT2D eigenvalue weighted by Crippen LogP contribution is 2.19. The number of aromatic nitrogens is 1. The van der Waals surface area contributed by atoms with Crippen LogP contribution in [0.2, 0.25) is 0 Å². The molecule has 1 aromatic heterocycles. The SMILES string of the molecule is CCCC[C@](O)(CO)NC(=O)C(=O)c1cc(C(=O)Nc2ccc(F)c(C#N)c2)n(C)c1C. The molecule has 0 unspecified atom stereocenters. The Morgan fingerprint density at radius 1 is 1.28 bits per heavy atom. The van der Waals surface area contributed by atoms with Crippen LogP contribution in [-0.4, -0.2) is 44.7 Å². The molecule has 0 radical (unpaired) electrons. The number of nitrogens with one attached hydrogen (secondary N) is 2. The zero-order valence-corrected chi connectivity index (χ0v) is 18.0. The minimum atomic E-state index is -1.92. The lowest BCUT2D eigenvalue weighted by atomic mass is 10.1. The van der Waals surface area contributed by atoms with E-state index in [1.165, 1.54) is 36.7 Å². The lowest BCUT2D eigenvalue weighted by Crippen LogP contribution is -2.53. The van der Waals surface area contributed by atoms with Gasteiger partial charge in [0.2, 0.25) is 0 Å². The van der Waals surface area contributed by atoms with Gasteiger partial charge < -0.3 is 25.4 Å². The van der Waals surface area contributed by atoms with Crippen LogP contribution < -0.4 is 10.6 Å². The van der Waals surface area contributed by atoms with E-state index in [0.29, 0.717) is 18.5 Å². The monoisotopic (exact) mass is 444 g/mol. The van der Waals surface area contributed by atoms with E-state index >= 15 is 0 Å². The number of Topliss-reactive ketones (excluding diaryl/α,β-unsaturated/α-hetero) is 1. The maximum atomic E-state index is 13.5. The van der Waals surface area contributed by atoms with Crippen LogP contribution in [0.5, 0.6) is 0 Å². The topological polar surface area (TPSA) is 144 Å². The number of aliphatic hydroxyl groups is 2. The molecule has 10 heteroatoms. The molecule has 0 aliphatic heterocycles. The van der Waals surface area contributed by atoms with Crippen molar-refractivity contribution in [2.75, 3.05) is 11.9 Å². The zero-order chi connectivity index (χ0) is 24.1. The number of benzene rings is 1. The third-order valence-corrected chi connectivity index (χ3v) is 5.12. The molecule has 0 aliphatic rings. The van der Waals surface area contributed by atoms with Crippen LogP contribution in [-0.2, 0) is 11.8 Å². The van der Waals surface area contributed by atoms with Gasteiger partial charge in [-0.2, -0.15) is 5.26 Å². The summed E-state index contributed by atoms with van der Waals surface area (Å²) < 4.78 is 14.9. The zero-order valence-electron chi connectivity index (χ0n) is 18.0. The Kier molecular flexibility index (Phi) is 7.86. The van der Waals surface area contributed by atoms with Gasteiger partial charge in [0.1, 0.15) is 17.6 Å². The quantitative estimate of drug-likeness (QED) is 0.264. The highest BCUT2D eigenvalue weighted by molar-refractivity contribution is 6.43. The predicted molar refractivity (Wildman–Crippen MR) is 113 cm³/mol. The second-order valence-electron chi connectivity index (χ2n) is 7.42. The summed E-state index contributed by atoms with van der Waals surface area (Å²) in [6.45, 7) is 2.66. The smallest absolute Gasteiger partial charge is 0.294 e. The number of aliphatic hydroxyl groups excluding tert-OH is 1. The van der Waals surface area contributed by atoms with Gasteiger partial charge in [-0.15, -0.1) is 0 Å². The number of anilines is 1. The molecule has 0 fully saturated rings. The van der Waals surface area contributed by atoms with Crippen molar-refractivity contribution in [3.8, 4) is 6.07 Å². The minimum absolute atomic E-state index is 0.0462. The average molecular weight is 444 g/mol. The normalized spacial score (nSPS) is 12.5. The van der Waals surface area contributed by atoms with Crippen molar-refractivity contribution >= 4 is 23.3 Å². The Morgan fingerprint density at radius 2 is 1.97 bits per heavy atom. The number of nitriles is 1. The first-order valence-electron chi connectivity index (χ1n) is 9.94. The van der Waals surface area contributed by atoms with E-state index in [2.05, 4.69) is 10.6 Å².